The van der Waals surface area contributed by atoms with Crippen molar-refractivity contribution in [2.75, 3.05) is 32.7 Å². The van der Waals surface area contributed by atoms with Gasteiger partial charge < -0.3 is 9.80 Å². The van der Waals surface area contributed by atoms with Crippen molar-refractivity contribution in [1.29, 1.82) is 0 Å². The van der Waals surface area contributed by atoms with Gasteiger partial charge in [-0.1, -0.05) is 36.4 Å². The van der Waals surface area contributed by atoms with Gasteiger partial charge in [0.05, 0.1) is 4.90 Å². The summed E-state index contributed by atoms with van der Waals surface area (Å²) in [7, 11) is -3.60. The van der Waals surface area contributed by atoms with Gasteiger partial charge in [-0.3, -0.25) is 9.59 Å². The monoisotopic (exact) mass is 485 g/mol. The quantitative estimate of drug-likeness (QED) is 0.575. The zero-order valence-electron chi connectivity index (χ0n) is 20.6. The Morgan fingerprint density at radius 2 is 1.59 bits per heavy atom. The molecule has 0 atom stereocenters. The number of rotatable bonds is 8. The summed E-state index contributed by atoms with van der Waals surface area (Å²) in [5.74, 6) is -0.153. The number of carbonyl (C=O) groups is 2. The van der Waals surface area contributed by atoms with Crippen molar-refractivity contribution >= 4 is 21.8 Å². The molecule has 34 heavy (non-hydrogen) atoms. The van der Waals surface area contributed by atoms with Gasteiger partial charge in [0, 0.05) is 52.1 Å². The number of piperazine rings is 1. The van der Waals surface area contributed by atoms with E-state index in [9.17, 15) is 18.0 Å². The molecule has 0 radical (unpaired) electrons. The van der Waals surface area contributed by atoms with E-state index in [0.717, 1.165) is 16.7 Å². The molecule has 0 unspecified atom stereocenters. The summed E-state index contributed by atoms with van der Waals surface area (Å²) in [6.07, 6.45) is 0.284. The summed E-state index contributed by atoms with van der Waals surface area (Å²) < 4.78 is 27.7. The van der Waals surface area contributed by atoms with Crippen molar-refractivity contribution in [2.24, 2.45) is 0 Å². The Morgan fingerprint density at radius 1 is 0.912 bits per heavy atom. The largest absolute Gasteiger partial charge is 0.340 e. The van der Waals surface area contributed by atoms with E-state index >= 15 is 0 Å². The molecule has 1 aliphatic heterocycles. The van der Waals surface area contributed by atoms with Crippen LogP contribution in [0, 0.1) is 20.8 Å². The van der Waals surface area contributed by atoms with Gasteiger partial charge in [-0.05, 0) is 56.0 Å². The fraction of sp³-hybridized carbons (Fsp3) is 0.462. The van der Waals surface area contributed by atoms with E-state index in [1.165, 1.54) is 4.31 Å². The highest BCUT2D eigenvalue weighted by molar-refractivity contribution is 7.89. The number of sulfonamides is 1. The molecular formula is C26H35N3O4S. The van der Waals surface area contributed by atoms with Gasteiger partial charge >= 0.3 is 0 Å². The zero-order valence-corrected chi connectivity index (χ0v) is 21.4. The van der Waals surface area contributed by atoms with Crippen LogP contribution in [0.5, 0.6) is 0 Å². The van der Waals surface area contributed by atoms with Crippen LogP contribution in [-0.4, -0.2) is 67.1 Å². The highest BCUT2D eigenvalue weighted by atomic mass is 32.2. The molecule has 1 heterocycles. The molecule has 7 nitrogen and oxygen atoms in total. The molecule has 0 aromatic heterocycles. The van der Waals surface area contributed by atoms with Gasteiger partial charge in [-0.15, -0.1) is 0 Å². The first kappa shape index (κ1) is 25.9. The van der Waals surface area contributed by atoms with Gasteiger partial charge in [0.15, 0.2) is 0 Å². The van der Waals surface area contributed by atoms with Crippen molar-refractivity contribution in [3.05, 3.63) is 64.7 Å². The minimum atomic E-state index is -3.60. The zero-order chi connectivity index (χ0) is 24.9. The van der Waals surface area contributed by atoms with Crippen LogP contribution in [0.2, 0.25) is 0 Å². The van der Waals surface area contributed by atoms with Crippen LogP contribution in [0.3, 0.4) is 0 Å². The lowest BCUT2D eigenvalue weighted by molar-refractivity contribution is -0.137. The molecular weight excluding hydrogens is 450 g/mol. The fourth-order valence-corrected chi connectivity index (χ4v) is 5.93. The highest BCUT2D eigenvalue weighted by Crippen LogP contribution is 2.22. The van der Waals surface area contributed by atoms with Gasteiger partial charge in [0.2, 0.25) is 21.8 Å². The normalized spacial score (nSPS) is 14.8. The molecule has 0 aliphatic carbocycles. The third-order valence-corrected chi connectivity index (χ3v) is 8.50. The molecule has 3 rings (SSSR count). The maximum atomic E-state index is 13.1. The number of nitrogens with zero attached hydrogens (tertiary/aromatic N) is 3. The Balaban J connectivity index is 1.53. The number of carbonyl (C=O) groups excluding carboxylic acids is 2. The fourth-order valence-electron chi connectivity index (χ4n) is 4.20. The average Bonchev–Trinajstić information content (AvgIpc) is 2.83. The Morgan fingerprint density at radius 3 is 2.24 bits per heavy atom. The number of aryl methyl sites for hydroxylation is 3. The molecule has 1 saturated heterocycles. The first-order valence-electron chi connectivity index (χ1n) is 11.8. The van der Waals surface area contributed by atoms with Crippen LogP contribution in [-0.2, 0) is 26.2 Å². The first-order valence-corrected chi connectivity index (χ1v) is 13.2. The number of benzene rings is 2. The second kappa shape index (κ2) is 11.1. The molecule has 0 saturated carbocycles. The van der Waals surface area contributed by atoms with Crippen molar-refractivity contribution in [1.82, 2.24) is 14.1 Å². The van der Waals surface area contributed by atoms with E-state index in [1.54, 1.807) is 22.8 Å². The molecule has 1 fully saturated rings. The van der Waals surface area contributed by atoms with Gasteiger partial charge in [-0.2, -0.15) is 4.31 Å². The van der Waals surface area contributed by atoms with E-state index < -0.39 is 10.0 Å². The topological polar surface area (TPSA) is 78.0 Å². The summed E-state index contributed by atoms with van der Waals surface area (Å²) in [6.45, 7) is 9.91. The van der Waals surface area contributed by atoms with Gasteiger partial charge in [0.1, 0.15) is 0 Å². The third-order valence-electron chi connectivity index (χ3n) is 6.46. The van der Waals surface area contributed by atoms with Crippen molar-refractivity contribution in [3.8, 4) is 0 Å². The average molecular weight is 486 g/mol. The number of hydrogen-bond donors (Lipinski definition) is 0. The molecule has 2 amide bonds. The van der Waals surface area contributed by atoms with Crippen LogP contribution in [0.15, 0.2) is 47.4 Å². The van der Waals surface area contributed by atoms with Gasteiger partial charge in [-0.25, -0.2) is 8.42 Å². The number of hydrogen-bond acceptors (Lipinski definition) is 4. The van der Waals surface area contributed by atoms with E-state index in [1.807, 2.05) is 57.2 Å². The minimum absolute atomic E-state index is 0.0461. The Labute approximate surface area is 203 Å². The molecule has 1 aliphatic rings. The van der Waals surface area contributed by atoms with E-state index in [2.05, 4.69) is 0 Å². The second-order valence-electron chi connectivity index (χ2n) is 8.89. The predicted octanol–water partition coefficient (Wildman–Crippen LogP) is 3.27. The summed E-state index contributed by atoms with van der Waals surface area (Å²) in [5.41, 5.74) is 3.85. The van der Waals surface area contributed by atoms with Crippen LogP contribution in [0.4, 0.5) is 0 Å². The molecule has 0 bridgehead atoms. The predicted molar refractivity (Wildman–Crippen MR) is 133 cm³/mol. The summed E-state index contributed by atoms with van der Waals surface area (Å²) in [4.78, 5) is 29.2. The van der Waals surface area contributed by atoms with Crippen LogP contribution < -0.4 is 0 Å². The highest BCUT2D eigenvalue weighted by Gasteiger charge is 2.31. The molecule has 0 spiro atoms. The lowest BCUT2D eigenvalue weighted by Crippen LogP contribution is -2.50. The number of amides is 2. The maximum Gasteiger partial charge on any atom is 0.243 e. The van der Waals surface area contributed by atoms with E-state index in [-0.39, 0.29) is 37.7 Å². The molecule has 2 aromatic rings. The van der Waals surface area contributed by atoms with Crippen LogP contribution in [0.25, 0.3) is 0 Å². The van der Waals surface area contributed by atoms with Crippen molar-refractivity contribution < 1.29 is 18.0 Å². The summed E-state index contributed by atoms with van der Waals surface area (Å²) >= 11 is 0. The first-order chi connectivity index (χ1) is 16.1. The summed E-state index contributed by atoms with van der Waals surface area (Å²) in [6, 6.07) is 13.4. The molecule has 8 heteroatoms. The Hall–Kier alpha value is -2.71. The smallest absolute Gasteiger partial charge is 0.243 e. The standard InChI is InChI=1S/C26H35N3O4S/c1-5-27(19-23-9-7-6-8-21(23)3)25(30)12-13-26(31)28-14-16-29(17-15-28)34(32,33)24-18-20(2)10-11-22(24)4/h6-11,18H,5,12-17,19H2,1-4H3. The minimum Gasteiger partial charge on any atom is -0.340 e. The van der Waals surface area contributed by atoms with E-state index in [4.69, 9.17) is 0 Å². The van der Waals surface area contributed by atoms with E-state index in [0.29, 0.717) is 36.6 Å². The van der Waals surface area contributed by atoms with Crippen LogP contribution >= 0.6 is 0 Å². The SMILES string of the molecule is CCN(Cc1ccccc1C)C(=O)CCC(=O)N1CCN(S(=O)(=O)c2cc(C)ccc2C)CC1. The third kappa shape index (κ3) is 6.04. The van der Waals surface area contributed by atoms with Crippen molar-refractivity contribution in [3.63, 3.8) is 0 Å². The molecule has 184 valence electrons. The lowest BCUT2D eigenvalue weighted by Gasteiger charge is -2.34. The van der Waals surface area contributed by atoms with Gasteiger partial charge in [0.25, 0.3) is 0 Å². The summed E-state index contributed by atoms with van der Waals surface area (Å²) in [5, 5.41) is 0. The Kier molecular flexibility index (Phi) is 8.49. The van der Waals surface area contributed by atoms with Crippen LogP contribution in [0.1, 0.15) is 42.0 Å². The Bertz CT molecular complexity index is 1140. The maximum absolute atomic E-state index is 13.1. The molecule has 0 N–H and O–H groups in total. The lowest BCUT2D eigenvalue weighted by atomic mass is 10.1. The van der Waals surface area contributed by atoms with Crippen molar-refractivity contribution in [2.45, 2.75) is 52.0 Å². The molecule has 2 aromatic carbocycles. The second-order valence-corrected chi connectivity index (χ2v) is 10.8.